The van der Waals surface area contributed by atoms with Crippen molar-refractivity contribution in [3.8, 4) is 0 Å². The highest BCUT2D eigenvalue weighted by Crippen LogP contribution is 2.14. The highest BCUT2D eigenvalue weighted by molar-refractivity contribution is 5.97. The molecule has 0 aromatic heterocycles. The topological polar surface area (TPSA) is 20.3 Å². The van der Waals surface area contributed by atoms with Gasteiger partial charge >= 0.3 is 0 Å². The largest absolute Gasteiger partial charge is 0.339 e. The van der Waals surface area contributed by atoms with Gasteiger partial charge < -0.3 is 4.90 Å². The molecule has 1 fully saturated rings. The van der Waals surface area contributed by atoms with E-state index in [1.165, 1.54) is 12.8 Å². The van der Waals surface area contributed by atoms with Gasteiger partial charge in [0.1, 0.15) is 0 Å². The zero-order valence-electron chi connectivity index (χ0n) is 11.1. The van der Waals surface area contributed by atoms with Crippen LogP contribution in [0.15, 0.2) is 35.9 Å². The van der Waals surface area contributed by atoms with Crippen molar-refractivity contribution in [2.45, 2.75) is 32.6 Å². The Labute approximate surface area is 109 Å². The second-order valence-corrected chi connectivity index (χ2v) is 4.94. The van der Waals surface area contributed by atoms with Gasteiger partial charge in [-0.2, -0.15) is 0 Å². The molecule has 1 aliphatic heterocycles. The molecule has 1 saturated heterocycles. The van der Waals surface area contributed by atoms with E-state index in [2.05, 4.69) is 0 Å². The van der Waals surface area contributed by atoms with Gasteiger partial charge in [-0.3, -0.25) is 4.79 Å². The Hall–Kier alpha value is -1.57. The Balaban J connectivity index is 2.05. The molecule has 0 atom stereocenters. The second kappa shape index (κ2) is 6.39. The molecule has 2 nitrogen and oxygen atoms in total. The van der Waals surface area contributed by atoms with E-state index in [1.54, 1.807) is 0 Å². The van der Waals surface area contributed by atoms with Crippen molar-refractivity contribution in [2.24, 2.45) is 0 Å². The smallest absolute Gasteiger partial charge is 0.249 e. The summed E-state index contributed by atoms with van der Waals surface area (Å²) < 4.78 is 0. The minimum atomic E-state index is 0.195. The molecule has 2 rings (SSSR count). The molecule has 96 valence electrons. The molecule has 2 heteroatoms. The van der Waals surface area contributed by atoms with Gasteiger partial charge in [0.15, 0.2) is 0 Å². The lowest BCUT2D eigenvalue weighted by Crippen LogP contribution is -2.32. The fraction of sp³-hybridized carbons (Fsp3) is 0.438. The van der Waals surface area contributed by atoms with Crippen molar-refractivity contribution in [2.75, 3.05) is 13.1 Å². The number of rotatable bonds is 2. The third-order valence-corrected chi connectivity index (χ3v) is 3.41. The van der Waals surface area contributed by atoms with Gasteiger partial charge in [0, 0.05) is 18.7 Å². The van der Waals surface area contributed by atoms with E-state index < -0.39 is 0 Å². The van der Waals surface area contributed by atoms with Crippen molar-refractivity contribution in [3.63, 3.8) is 0 Å². The fourth-order valence-corrected chi connectivity index (χ4v) is 2.38. The number of benzene rings is 1. The summed E-state index contributed by atoms with van der Waals surface area (Å²) in [6.45, 7) is 3.75. The highest BCUT2D eigenvalue weighted by atomic mass is 16.2. The Kier molecular flexibility index (Phi) is 4.57. The molecule has 1 amide bonds. The molecule has 0 radical (unpaired) electrons. The SMILES string of the molecule is CC(=Cc1ccccc1)C(=O)N1CCCCCC1. The third-order valence-electron chi connectivity index (χ3n) is 3.41. The Morgan fingerprint density at radius 1 is 1.06 bits per heavy atom. The van der Waals surface area contributed by atoms with Crippen LogP contribution >= 0.6 is 0 Å². The number of likely N-dealkylation sites (tertiary alicyclic amines) is 1. The van der Waals surface area contributed by atoms with Gasteiger partial charge in [-0.1, -0.05) is 43.2 Å². The Morgan fingerprint density at radius 3 is 2.28 bits per heavy atom. The summed E-state index contributed by atoms with van der Waals surface area (Å²) in [7, 11) is 0. The second-order valence-electron chi connectivity index (χ2n) is 4.94. The summed E-state index contributed by atoms with van der Waals surface area (Å²) in [5.74, 6) is 0.195. The van der Waals surface area contributed by atoms with E-state index in [1.807, 2.05) is 48.2 Å². The fourth-order valence-electron chi connectivity index (χ4n) is 2.38. The van der Waals surface area contributed by atoms with Crippen LogP contribution in [0.3, 0.4) is 0 Å². The molecule has 1 aliphatic rings. The number of hydrogen-bond acceptors (Lipinski definition) is 1. The lowest BCUT2D eigenvalue weighted by molar-refractivity contribution is -0.126. The van der Waals surface area contributed by atoms with Crippen LogP contribution in [-0.4, -0.2) is 23.9 Å². The van der Waals surface area contributed by atoms with E-state index in [0.29, 0.717) is 0 Å². The monoisotopic (exact) mass is 243 g/mol. The molecule has 0 aliphatic carbocycles. The van der Waals surface area contributed by atoms with Crippen LogP contribution in [0.5, 0.6) is 0 Å². The maximum atomic E-state index is 12.3. The van der Waals surface area contributed by atoms with Crippen LogP contribution in [0.1, 0.15) is 38.2 Å². The molecule has 0 saturated carbocycles. The summed E-state index contributed by atoms with van der Waals surface area (Å²) >= 11 is 0. The van der Waals surface area contributed by atoms with Gasteiger partial charge in [-0.15, -0.1) is 0 Å². The van der Waals surface area contributed by atoms with Gasteiger partial charge in [-0.05, 0) is 31.4 Å². The van der Waals surface area contributed by atoms with E-state index >= 15 is 0 Å². The number of nitrogens with zero attached hydrogens (tertiary/aromatic N) is 1. The average molecular weight is 243 g/mol. The van der Waals surface area contributed by atoms with Gasteiger partial charge in [0.05, 0.1) is 0 Å². The number of hydrogen-bond donors (Lipinski definition) is 0. The van der Waals surface area contributed by atoms with Crippen LogP contribution in [0.25, 0.3) is 6.08 Å². The maximum absolute atomic E-state index is 12.3. The lowest BCUT2D eigenvalue weighted by atomic mass is 10.1. The standard InChI is InChI=1S/C16H21NO/c1-14(13-15-9-5-4-6-10-15)16(18)17-11-7-2-3-8-12-17/h4-6,9-10,13H,2-3,7-8,11-12H2,1H3. The van der Waals surface area contributed by atoms with Gasteiger partial charge in [0.2, 0.25) is 5.91 Å². The Morgan fingerprint density at radius 2 is 1.67 bits per heavy atom. The molecule has 1 aromatic rings. The van der Waals surface area contributed by atoms with Crippen LogP contribution in [0, 0.1) is 0 Å². The molecule has 0 spiro atoms. The van der Waals surface area contributed by atoms with Gasteiger partial charge in [-0.25, -0.2) is 0 Å². The maximum Gasteiger partial charge on any atom is 0.249 e. The molecule has 0 bridgehead atoms. The summed E-state index contributed by atoms with van der Waals surface area (Å²) in [5, 5.41) is 0. The minimum absolute atomic E-state index is 0.195. The van der Waals surface area contributed by atoms with Gasteiger partial charge in [0.25, 0.3) is 0 Å². The summed E-state index contributed by atoms with van der Waals surface area (Å²) in [6.07, 6.45) is 6.78. The zero-order valence-corrected chi connectivity index (χ0v) is 11.1. The molecule has 1 aromatic carbocycles. The molecule has 1 heterocycles. The summed E-state index contributed by atoms with van der Waals surface area (Å²) in [5.41, 5.74) is 1.93. The van der Waals surface area contributed by atoms with Crippen LogP contribution in [-0.2, 0) is 4.79 Å². The summed E-state index contributed by atoms with van der Waals surface area (Å²) in [4.78, 5) is 14.3. The molecular formula is C16H21NO. The van der Waals surface area contributed by atoms with E-state index in [9.17, 15) is 4.79 Å². The lowest BCUT2D eigenvalue weighted by Gasteiger charge is -2.20. The molecule has 18 heavy (non-hydrogen) atoms. The summed E-state index contributed by atoms with van der Waals surface area (Å²) in [6, 6.07) is 10.0. The first kappa shape index (κ1) is 12.9. The Bertz CT molecular complexity index is 414. The van der Waals surface area contributed by atoms with E-state index in [4.69, 9.17) is 0 Å². The van der Waals surface area contributed by atoms with Crippen molar-refractivity contribution in [1.82, 2.24) is 4.90 Å². The number of carbonyl (C=O) groups excluding carboxylic acids is 1. The molecule has 0 unspecified atom stereocenters. The predicted molar refractivity (Wildman–Crippen MR) is 75.1 cm³/mol. The van der Waals surface area contributed by atoms with Crippen LogP contribution in [0.2, 0.25) is 0 Å². The van der Waals surface area contributed by atoms with E-state index in [0.717, 1.165) is 37.1 Å². The quantitative estimate of drug-likeness (QED) is 0.728. The zero-order chi connectivity index (χ0) is 12.8. The van der Waals surface area contributed by atoms with E-state index in [-0.39, 0.29) is 5.91 Å². The first-order valence-corrected chi connectivity index (χ1v) is 6.80. The molecular weight excluding hydrogens is 222 g/mol. The van der Waals surface area contributed by atoms with Crippen LogP contribution < -0.4 is 0 Å². The first-order valence-electron chi connectivity index (χ1n) is 6.80. The minimum Gasteiger partial charge on any atom is -0.339 e. The third kappa shape index (κ3) is 3.46. The normalized spacial score (nSPS) is 17.4. The van der Waals surface area contributed by atoms with Crippen molar-refractivity contribution in [1.29, 1.82) is 0 Å². The molecule has 0 N–H and O–H groups in total. The van der Waals surface area contributed by atoms with Crippen molar-refractivity contribution < 1.29 is 4.79 Å². The average Bonchev–Trinajstić information content (AvgIpc) is 2.68. The predicted octanol–water partition coefficient (Wildman–Crippen LogP) is 3.49. The highest BCUT2D eigenvalue weighted by Gasteiger charge is 2.16. The van der Waals surface area contributed by atoms with Crippen molar-refractivity contribution >= 4 is 12.0 Å². The first-order chi connectivity index (χ1) is 8.77. The number of amides is 1. The van der Waals surface area contributed by atoms with Crippen molar-refractivity contribution in [3.05, 3.63) is 41.5 Å². The number of carbonyl (C=O) groups is 1. The van der Waals surface area contributed by atoms with Crippen LogP contribution in [0.4, 0.5) is 0 Å².